The number of nitrogens with zero attached hydrogens (tertiary/aromatic N) is 1. The Morgan fingerprint density at radius 3 is 2.92 bits per heavy atom. The van der Waals surface area contributed by atoms with E-state index in [9.17, 15) is 9.59 Å². The molecule has 0 unspecified atom stereocenters. The Morgan fingerprint density at radius 1 is 1.69 bits per heavy atom. The second kappa shape index (κ2) is 4.25. The van der Waals surface area contributed by atoms with Crippen LogP contribution in [-0.4, -0.2) is 34.5 Å². The zero-order valence-corrected chi connectivity index (χ0v) is 7.82. The molecule has 0 aliphatic carbocycles. The first-order valence-corrected chi connectivity index (χ1v) is 4.66. The SMILES string of the molecule is CCN1C(=O)CC[C@H]1CCC(=O)O. The lowest BCUT2D eigenvalue weighted by atomic mass is 10.1. The molecule has 1 aliphatic heterocycles. The van der Waals surface area contributed by atoms with Crippen molar-refractivity contribution in [3.8, 4) is 0 Å². The Morgan fingerprint density at radius 2 is 2.38 bits per heavy atom. The average molecular weight is 185 g/mol. The topological polar surface area (TPSA) is 57.6 Å². The van der Waals surface area contributed by atoms with Gasteiger partial charge in [-0.25, -0.2) is 0 Å². The van der Waals surface area contributed by atoms with E-state index in [1.807, 2.05) is 6.92 Å². The summed E-state index contributed by atoms with van der Waals surface area (Å²) >= 11 is 0. The molecule has 74 valence electrons. The number of rotatable bonds is 4. The molecule has 13 heavy (non-hydrogen) atoms. The van der Waals surface area contributed by atoms with Crippen LogP contribution >= 0.6 is 0 Å². The van der Waals surface area contributed by atoms with E-state index in [2.05, 4.69) is 0 Å². The van der Waals surface area contributed by atoms with Crippen molar-refractivity contribution in [3.63, 3.8) is 0 Å². The molecule has 0 aromatic carbocycles. The van der Waals surface area contributed by atoms with Gasteiger partial charge in [0.1, 0.15) is 0 Å². The average Bonchev–Trinajstić information content (AvgIpc) is 2.42. The molecular weight excluding hydrogens is 170 g/mol. The molecule has 1 atom stereocenters. The van der Waals surface area contributed by atoms with Crippen LogP contribution in [0.4, 0.5) is 0 Å². The number of likely N-dealkylation sites (tertiary alicyclic amines) is 1. The lowest BCUT2D eigenvalue weighted by Gasteiger charge is -2.22. The van der Waals surface area contributed by atoms with Crippen LogP contribution in [0.5, 0.6) is 0 Å². The normalized spacial score (nSPS) is 22.4. The Labute approximate surface area is 77.5 Å². The largest absolute Gasteiger partial charge is 0.481 e. The highest BCUT2D eigenvalue weighted by atomic mass is 16.4. The van der Waals surface area contributed by atoms with E-state index in [-0.39, 0.29) is 18.4 Å². The molecule has 0 radical (unpaired) electrons. The van der Waals surface area contributed by atoms with Gasteiger partial charge in [-0.15, -0.1) is 0 Å². The van der Waals surface area contributed by atoms with Gasteiger partial charge in [0.15, 0.2) is 0 Å². The summed E-state index contributed by atoms with van der Waals surface area (Å²) in [6, 6.07) is 0.161. The minimum Gasteiger partial charge on any atom is -0.481 e. The smallest absolute Gasteiger partial charge is 0.303 e. The molecule has 0 spiro atoms. The fourth-order valence-electron chi connectivity index (χ4n) is 1.82. The zero-order valence-electron chi connectivity index (χ0n) is 7.82. The van der Waals surface area contributed by atoms with Crippen molar-refractivity contribution in [1.82, 2.24) is 4.90 Å². The van der Waals surface area contributed by atoms with E-state index in [0.29, 0.717) is 19.4 Å². The number of carboxylic acids is 1. The predicted molar refractivity (Wildman–Crippen MR) is 47.3 cm³/mol. The third-order valence-corrected chi connectivity index (χ3v) is 2.48. The van der Waals surface area contributed by atoms with Gasteiger partial charge < -0.3 is 10.0 Å². The monoisotopic (exact) mass is 185 g/mol. The van der Waals surface area contributed by atoms with Crippen molar-refractivity contribution in [2.24, 2.45) is 0 Å². The van der Waals surface area contributed by atoms with Crippen LogP contribution in [0.2, 0.25) is 0 Å². The van der Waals surface area contributed by atoms with Crippen LogP contribution in [0.15, 0.2) is 0 Å². The van der Waals surface area contributed by atoms with Gasteiger partial charge in [0.25, 0.3) is 0 Å². The molecule has 0 saturated carbocycles. The Balaban J connectivity index is 2.41. The lowest BCUT2D eigenvalue weighted by molar-refractivity contribution is -0.138. The molecule has 1 fully saturated rings. The van der Waals surface area contributed by atoms with Gasteiger partial charge in [0, 0.05) is 25.4 Å². The first kappa shape index (κ1) is 10.0. The molecule has 4 heteroatoms. The summed E-state index contributed by atoms with van der Waals surface area (Å²) < 4.78 is 0. The first-order chi connectivity index (χ1) is 6.15. The second-order valence-corrected chi connectivity index (χ2v) is 3.30. The second-order valence-electron chi connectivity index (χ2n) is 3.30. The highest BCUT2D eigenvalue weighted by molar-refractivity contribution is 5.78. The number of amides is 1. The maximum atomic E-state index is 11.2. The molecule has 0 aromatic heterocycles. The summed E-state index contributed by atoms with van der Waals surface area (Å²) in [5.74, 6) is -0.617. The molecule has 1 saturated heterocycles. The molecule has 1 amide bonds. The highest BCUT2D eigenvalue weighted by Crippen LogP contribution is 2.21. The summed E-state index contributed by atoms with van der Waals surface area (Å²) in [6.45, 7) is 2.63. The number of aliphatic carboxylic acids is 1. The van der Waals surface area contributed by atoms with Crippen LogP contribution in [0.25, 0.3) is 0 Å². The van der Waals surface area contributed by atoms with E-state index < -0.39 is 5.97 Å². The summed E-state index contributed by atoms with van der Waals surface area (Å²) in [7, 11) is 0. The van der Waals surface area contributed by atoms with Crippen LogP contribution in [0.3, 0.4) is 0 Å². The number of hydrogen-bond acceptors (Lipinski definition) is 2. The number of carbonyl (C=O) groups is 2. The van der Waals surface area contributed by atoms with Crippen LogP contribution in [0.1, 0.15) is 32.6 Å². The van der Waals surface area contributed by atoms with Crippen molar-refractivity contribution >= 4 is 11.9 Å². The Bertz CT molecular complexity index is 215. The third-order valence-electron chi connectivity index (χ3n) is 2.48. The minimum absolute atomic E-state index is 0.161. The lowest BCUT2D eigenvalue weighted by Crippen LogP contribution is -2.32. The van der Waals surface area contributed by atoms with Crippen LogP contribution < -0.4 is 0 Å². The van der Waals surface area contributed by atoms with E-state index in [1.165, 1.54) is 0 Å². The van der Waals surface area contributed by atoms with E-state index >= 15 is 0 Å². The van der Waals surface area contributed by atoms with E-state index in [1.54, 1.807) is 4.90 Å². The van der Waals surface area contributed by atoms with Crippen molar-refractivity contribution in [3.05, 3.63) is 0 Å². The maximum absolute atomic E-state index is 11.2. The van der Waals surface area contributed by atoms with Gasteiger partial charge in [-0.2, -0.15) is 0 Å². The van der Waals surface area contributed by atoms with Gasteiger partial charge >= 0.3 is 5.97 Å². The van der Waals surface area contributed by atoms with Gasteiger partial charge in [-0.05, 0) is 19.8 Å². The Hall–Kier alpha value is -1.06. The quantitative estimate of drug-likeness (QED) is 0.706. The molecule has 0 bridgehead atoms. The minimum atomic E-state index is -0.782. The molecule has 1 rings (SSSR count). The molecule has 1 aliphatic rings. The molecule has 4 nitrogen and oxygen atoms in total. The number of carbonyl (C=O) groups excluding carboxylic acids is 1. The Kier molecular flexibility index (Phi) is 3.28. The molecule has 0 aromatic rings. The summed E-state index contributed by atoms with van der Waals surface area (Å²) in [5.41, 5.74) is 0. The zero-order chi connectivity index (χ0) is 9.84. The van der Waals surface area contributed by atoms with Gasteiger partial charge in [0.2, 0.25) is 5.91 Å². The van der Waals surface area contributed by atoms with E-state index in [0.717, 1.165) is 6.42 Å². The van der Waals surface area contributed by atoms with Crippen molar-refractivity contribution in [1.29, 1.82) is 0 Å². The van der Waals surface area contributed by atoms with Crippen molar-refractivity contribution in [2.45, 2.75) is 38.6 Å². The number of hydrogen-bond donors (Lipinski definition) is 1. The summed E-state index contributed by atoms with van der Waals surface area (Å²) in [6.07, 6.45) is 2.15. The molecule has 1 N–H and O–H groups in total. The predicted octanol–water partition coefficient (Wildman–Crippen LogP) is 0.862. The van der Waals surface area contributed by atoms with Crippen molar-refractivity contribution in [2.75, 3.05) is 6.54 Å². The van der Waals surface area contributed by atoms with Crippen molar-refractivity contribution < 1.29 is 14.7 Å². The summed E-state index contributed by atoms with van der Waals surface area (Å²) in [4.78, 5) is 23.3. The summed E-state index contributed by atoms with van der Waals surface area (Å²) in [5, 5.41) is 8.50. The number of carboxylic acid groups (broad SMARTS) is 1. The highest BCUT2D eigenvalue weighted by Gasteiger charge is 2.29. The fraction of sp³-hybridized carbons (Fsp3) is 0.778. The third kappa shape index (κ3) is 2.44. The van der Waals surface area contributed by atoms with E-state index in [4.69, 9.17) is 5.11 Å². The molecule has 1 heterocycles. The first-order valence-electron chi connectivity index (χ1n) is 4.66. The standard InChI is InChI=1S/C9H15NO3/c1-2-10-7(3-5-8(10)11)4-6-9(12)13/h7H,2-6H2,1H3,(H,12,13)/t7-/m0/s1. The van der Waals surface area contributed by atoms with Gasteiger partial charge in [-0.3, -0.25) is 9.59 Å². The fourth-order valence-corrected chi connectivity index (χ4v) is 1.82. The van der Waals surface area contributed by atoms with Gasteiger partial charge in [0.05, 0.1) is 0 Å². The maximum Gasteiger partial charge on any atom is 0.303 e. The molecular formula is C9H15NO3. The van der Waals surface area contributed by atoms with Gasteiger partial charge in [-0.1, -0.05) is 0 Å². The van der Waals surface area contributed by atoms with Crippen LogP contribution in [0, 0.1) is 0 Å². The van der Waals surface area contributed by atoms with Crippen LogP contribution in [-0.2, 0) is 9.59 Å².